The molecule has 1 saturated carbocycles. The molecule has 6 heteroatoms. The van der Waals surface area contributed by atoms with Crippen LogP contribution in [0.1, 0.15) is 31.2 Å². The predicted octanol–water partition coefficient (Wildman–Crippen LogP) is 1.54. The van der Waals surface area contributed by atoms with Gasteiger partial charge in [0, 0.05) is 25.6 Å². The van der Waals surface area contributed by atoms with Gasteiger partial charge in [-0.3, -0.25) is 14.4 Å². The van der Waals surface area contributed by atoms with E-state index in [9.17, 15) is 14.4 Å². The van der Waals surface area contributed by atoms with E-state index in [1.165, 1.54) is 10.5 Å². The number of hydrogen-bond acceptors (Lipinski definition) is 3. The summed E-state index contributed by atoms with van der Waals surface area (Å²) in [6.07, 6.45) is 3.09. The van der Waals surface area contributed by atoms with E-state index >= 15 is 0 Å². The number of benzene rings is 1. The van der Waals surface area contributed by atoms with E-state index < -0.39 is 12.0 Å². The lowest BCUT2D eigenvalue weighted by Gasteiger charge is -2.40. The maximum Gasteiger partial charge on any atom is 0.305 e. The Labute approximate surface area is 147 Å². The van der Waals surface area contributed by atoms with Crippen LogP contribution in [0, 0.1) is 5.92 Å². The van der Waals surface area contributed by atoms with E-state index in [4.69, 9.17) is 5.11 Å². The van der Waals surface area contributed by atoms with Gasteiger partial charge in [-0.2, -0.15) is 0 Å². The summed E-state index contributed by atoms with van der Waals surface area (Å²) in [5, 5.41) is 9.14. The van der Waals surface area contributed by atoms with Crippen molar-refractivity contribution in [2.24, 2.45) is 5.92 Å². The van der Waals surface area contributed by atoms with E-state index in [1.807, 2.05) is 18.2 Å². The second-order valence-corrected chi connectivity index (χ2v) is 6.83. The lowest BCUT2D eigenvalue weighted by atomic mass is 10.0. The molecule has 2 aliphatic rings. The second-order valence-electron chi connectivity index (χ2n) is 6.83. The molecule has 25 heavy (non-hydrogen) atoms. The molecule has 0 bridgehead atoms. The van der Waals surface area contributed by atoms with Crippen molar-refractivity contribution in [3.8, 4) is 0 Å². The largest absolute Gasteiger partial charge is 0.481 e. The quantitative estimate of drug-likeness (QED) is 0.814. The molecule has 1 aromatic carbocycles. The minimum absolute atomic E-state index is 0.00581. The van der Waals surface area contributed by atoms with Crippen LogP contribution in [0.2, 0.25) is 0 Å². The Morgan fingerprint density at radius 3 is 2.48 bits per heavy atom. The molecule has 1 atom stereocenters. The number of piperazine rings is 1. The third-order valence-electron chi connectivity index (χ3n) is 4.90. The Bertz CT molecular complexity index is 642. The number of carboxylic acid groups (broad SMARTS) is 1. The molecule has 1 aliphatic carbocycles. The number of amides is 2. The van der Waals surface area contributed by atoms with Crippen LogP contribution < -0.4 is 0 Å². The monoisotopic (exact) mass is 344 g/mol. The number of carboxylic acids is 1. The molecule has 2 fully saturated rings. The van der Waals surface area contributed by atoms with Crippen molar-refractivity contribution in [2.45, 2.75) is 38.1 Å². The summed E-state index contributed by atoms with van der Waals surface area (Å²) in [5.41, 5.74) is 1.22. The summed E-state index contributed by atoms with van der Waals surface area (Å²) in [7, 11) is 0. The van der Waals surface area contributed by atoms with Crippen molar-refractivity contribution < 1.29 is 19.5 Å². The molecular formula is C19H24N2O4. The summed E-state index contributed by atoms with van der Waals surface area (Å²) in [6, 6.07) is 9.22. The summed E-state index contributed by atoms with van der Waals surface area (Å²) in [5.74, 6) is -1.33. The Morgan fingerprint density at radius 1 is 1.12 bits per heavy atom. The predicted molar refractivity (Wildman–Crippen MR) is 91.8 cm³/mol. The number of aryl methyl sites for hydroxylation is 1. The number of rotatable bonds is 7. The maximum absolute atomic E-state index is 12.7. The standard InChI is InChI=1S/C19H24N2O4/c22-17(23)13-16-19(25)20(10-4-7-14-5-2-1-3-6-14)11-12-21(16)18(24)15-8-9-15/h1-3,5-6,15-16H,4,7-13H2,(H,22,23). The molecule has 0 spiro atoms. The van der Waals surface area contributed by atoms with Crippen molar-refractivity contribution in [1.82, 2.24) is 9.80 Å². The normalized spacial score (nSPS) is 20.6. The van der Waals surface area contributed by atoms with Gasteiger partial charge in [-0.05, 0) is 31.2 Å². The first-order valence-corrected chi connectivity index (χ1v) is 8.91. The molecule has 1 saturated heterocycles. The van der Waals surface area contributed by atoms with Crippen molar-refractivity contribution in [2.75, 3.05) is 19.6 Å². The molecule has 1 aromatic rings. The van der Waals surface area contributed by atoms with E-state index in [0.29, 0.717) is 19.6 Å². The smallest absolute Gasteiger partial charge is 0.305 e. The highest BCUT2D eigenvalue weighted by Crippen LogP contribution is 2.33. The van der Waals surface area contributed by atoms with Crippen molar-refractivity contribution in [3.63, 3.8) is 0 Å². The molecule has 134 valence electrons. The van der Waals surface area contributed by atoms with Crippen LogP contribution in [0.25, 0.3) is 0 Å². The van der Waals surface area contributed by atoms with Crippen molar-refractivity contribution in [1.29, 1.82) is 0 Å². The van der Waals surface area contributed by atoms with Gasteiger partial charge < -0.3 is 14.9 Å². The van der Waals surface area contributed by atoms with Crippen LogP contribution in [0.3, 0.4) is 0 Å². The lowest BCUT2D eigenvalue weighted by molar-refractivity contribution is -0.156. The Hall–Kier alpha value is -2.37. The third-order valence-corrected chi connectivity index (χ3v) is 4.90. The first kappa shape index (κ1) is 17.5. The van der Waals surface area contributed by atoms with Crippen LogP contribution in [0.4, 0.5) is 0 Å². The molecule has 2 amide bonds. The number of carbonyl (C=O) groups is 3. The first-order chi connectivity index (χ1) is 12.1. The van der Waals surface area contributed by atoms with Gasteiger partial charge in [-0.1, -0.05) is 30.3 Å². The lowest BCUT2D eigenvalue weighted by Crippen LogP contribution is -2.59. The minimum atomic E-state index is -1.04. The van der Waals surface area contributed by atoms with Crippen LogP contribution >= 0.6 is 0 Å². The number of aliphatic carboxylic acids is 1. The van der Waals surface area contributed by atoms with Gasteiger partial charge >= 0.3 is 5.97 Å². The highest BCUT2D eigenvalue weighted by Gasteiger charge is 2.43. The summed E-state index contributed by atoms with van der Waals surface area (Å²) in [6.45, 7) is 1.52. The van der Waals surface area contributed by atoms with Gasteiger partial charge in [0.1, 0.15) is 6.04 Å². The van der Waals surface area contributed by atoms with Gasteiger partial charge in [0.25, 0.3) is 0 Å². The van der Waals surface area contributed by atoms with Crippen LogP contribution in [0.15, 0.2) is 30.3 Å². The van der Waals surface area contributed by atoms with Gasteiger partial charge in [0.2, 0.25) is 11.8 Å². The molecule has 6 nitrogen and oxygen atoms in total. The SMILES string of the molecule is O=C(O)CC1C(=O)N(CCCc2ccccc2)CCN1C(=O)C1CC1. The van der Waals surface area contributed by atoms with Crippen LogP contribution in [0.5, 0.6) is 0 Å². The fourth-order valence-corrected chi connectivity index (χ4v) is 3.37. The molecule has 1 heterocycles. The van der Waals surface area contributed by atoms with Crippen molar-refractivity contribution >= 4 is 17.8 Å². The van der Waals surface area contributed by atoms with Crippen LogP contribution in [-0.4, -0.2) is 58.4 Å². The second kappa shape index (κ2) is 7.68. The zero-order chi connectivity index (χ0) is 17.8. The molecule has 1 unspecified atom stereocenters. The van der Waals surface area contributed by atoms with Gasteiger partial charge in [0.15, 0.2) is 0 Å². The summed E-state index contributed by atoms with van der Waals surface area (Å²) >= 11 is 0. The summed E-state index contributed by atoms with van der Waals surface area (Å²) < 4.78 is 0. The molecule has 3 rings (SSSR count). The van der Waals surface area contributed by atoms with Gasteiger partial charge in [-0.15, -0.1) is 0 Å². The number of hydrogen-bond donors (Lipinski definition) is 1. The van der Waals surface area contributed by atoms with Gasteiger partial charge in [0.05, 0.1) is 6.42 Å². The van der Waals surface area contributed by atoms with Crippen molar-refractivity contribution in [3.05, 3.63) is 35.9 Å². The molecular weight excluding hydrogens is 320 g/mol. The van der Waals surface area contributed by atoms with E-state index in [2.05, 4.69) is 12.1 Å². The average Bonchev–Trinajstić information content (AvgIpc) is 3.43. The van der Waals surface area contributed by atoms with E-state index in [1.54, 1.807) is 4.90 Å². The van der Waals surface area contributed by atoms with Crippen LogP contribution in [-0.2, 0) is 20.8 Å². The molecule has 0 radical (unpaired) electrons. The summed E-state index contributed by atoms with van der Waals surface area (Å²) in [4.78, 5) is 39.5. The Morgan fingerprint density at radius 2 is 1.84 bits per heavy atom. The van der Waals surface area contributed by atoms with E-state index in [-0.39, 0.29) is 24.2 Å². The third kappa shape index (κ3) is 4.38. The number of carbonyl (C=O) groups excluding carboxylic acids is 2. The number of nitrogens with zero attached hydrogens (tertiary/aromatic N) is 2. The molecule has 1 N–H and O–H groups in total. The Kier molecular flexibility index (Phi) is 5.36. The zero-order valence-corrected chi connectivity index (χ0v) is 14.3. The average molecular weight is 344 g/mol. The maximum atomic E-state index is 12.7. The fourth-order valence-electron chi connectivity index (χ4n) is 3.37. The fraction of sp³-hybridized carbons (Fsp3) is 0.526. The van der Waals surface area contributed by atoms with E-state index in [0.717, 1.165) is 25.7 Å². The molecule has 0 aromatic heterocycles. The topological polar surface area (TPSA) is 77.9 Å². The molecule has 1 aliphatic heterocycles. The highest BCUT2D eigenvalue weighted by molar-refractivity contribution is 5.92. The highest BCUT2D eigenvalue weighted by atomic mass is 16.4. The Balaban J connectivity index is 1.59. The minimum Gasteiger partial charge on any atom is -0.481 e. The first-order valence-electron chi connectivity index (χ1n) is 8.91. The van der Waals surface area contributed by atoms with Gasteiger partial charge in [-0.25, -0.2) is 0 Å². The zero-order valence-electron chi connectivity index (χ0n) is 14.3.